The van der Waals surface area contributed by atoms with Crippen LogP contribution >= 0.6 is 11.6 Å². The summed E-state index contributed by atoms with van der Waals surface area (Å²) < 4.78 is 34.1. The second-order valence-electron chi connectivity index (χ2n) is 7.79. The molecule has 12 heteroatoms. The average molecular weight is 488 g/mol. The third-order valence-electron chi connectivity index (χ3n) is 5.56. The molecular weight excluding hydrogens is 468 g/mol. The molecule has 0 saturated carbocycles. The molecule has 176 valence electrons. The minimum atomic E-state index is -3.03. The van der Waals surface area contributed by atoms with Crippen LogP contribution in [0.25, 0.3) is 16.9 Å². The maximum atomic E-state index is 13.2. The van der Waals surface area contributed by atoms with Crippen molar-refractivity contribution < 1.29 is 18.3 Å². The highest BCUT2D eigenvalue weighted by atomic mass is 35.5. The van der Waals surface area contributed by atoms with Crippen molar-refractivity contribution in [2.45, 2.75) is 25.5 Å². The number of carbonyl (C=O) groups is 1. The molecule has 1 aliphatic rings. The van der Waals surface area contributed by atoms with E-state index in [0.717, 1.165) is 19.4 Å². The van der Waals surface area contributed by atoms with Gasteiger partial charge >= 0.3 is 6.61 Å². The standard InChI is InChI=1S/C22H20ClF2N7O2/c23-13-4-5-18(34-22(24)25)15(9-13)19-17(12-32(30-19)14-3-1-6-26-10-14)29-21(33)16-11-28-31-8-2-7-27-20(16)31/h2,4-5,7-9,11-12,14,22,26H,1,3,6,10H2,(H,29,33)/t14-/m1/s1. The van der Waals surface area contributed by atoms with Gasteiger partial charge in [-0.05, 0) is 43.7 Å². The smallest absolute Gasteiger partial charge is 0.387 e. The lowest BCUT2D eigenvalue weighted by Gasteiger charge is -2.22. The predicted octanol–water partition coefficient (Wildman–Crippen LogP) is 4.02. The molecule has 9 nitrogen and oxygen atoms in total. The van der Waals surface area contributed by atoms with Crippen LogP contribution in [0, 0.1) is 0 Å². The number of benzene rings is 1. The molecule has 34 heavy (non-hydrogen) atoms. The number of rotatable bonds is 6. The van der Waals surface area contributed by atoms with Crippen LogP contribution < -0.4 is 15.4 Å². The van der Waals surface area contributed by atoms with Crippen LogP contribution in [-0.2, 0) is 0 Å². The van der Waals surface area contributed by atoms with Gasteiger partial charge in [0.2, 0.25) is 0 Å². The zero-order chi connectivity index (χ0) is 23.7. The minimum absolute atomic E-state index is 0.0375. The maximum absolute atomic E-state index is 13.2. The quantitative estimate of drug-likeness (QED) is 0.426. The van der Waals surface area contributed by atoms with Gasteiger partial charge in [0, 0.05) is 35.7 Å². The Morgan fingerprint density at radius 1 is 1.35 bits per heavy atom. The molecule has 0 unspecified atom stereocenters. The number of ether oxygens (including phenoxy) is 1. The largest absolute Gasteiger partial charge is 0.434 e. The van der Waals surface area contributed by atoms with Crippen molar-refractivity contribution in [3.8, 4) is 17.0 Å². The van der Waals surface area contributed by atoms with Crippen LogP contribution in [0.2, 0.25) is 5.02 Å². The molecule has 0 spiro atoms. The van der Waals surface area contributed by atoms with Gasteiger partial charge in [-0.2, -0.15) is 19.0 Å². The molecule has 4 heterocycles. The zero-order valence-electron chi connectivity index (χ0n) is 17.8. The van der Waals surface area contributed by atoms with Gasteiger partial charge in [0.25, 0.3) is 5.91 Å². The van der Waals surface area contributed by atoms with Crippen LogP contribution in [0.4, 0.5) is 14.5 Å². The number of fused-ring (bicyclic) bond motifs is 1. The van der Waals surface area contributed by atoms with E-state index in [9.17, 15) is 13.6 Å². The Kier molecular flexibility index (Phi) is 6.12. The number of hydrogen-bond acceptors (Lipinski definition) is 6. The monoisotopic (exact) mass is 487 g/mol. The first-order chi connectivity index (χ1) is 16.5. The summed E-state index contributed by atoms with van der Waals surface area (Å²) in [5, 5.41) is 15.3. The van der Waals surface area contributed by atoms with E-state index in [2.05, 4.69) is 25.8 Å². The summed E-state index contributed by atoms with van der Waals surface area (Å²) in [6.45, 7) is -1.42. The van der Waals surface area contributed by atoms with Crippen molar-refractivity contribution in [3.63, 3.8) is 0 Å². The molecule has 1 amide bonds. The lowest BCUT2D eigenvalue weighted by molar-refractivity contribution is -0.0494. The molecule has 0 bridgehead atoms. The van der Waals surface area contributed by atoms with Gasteiger partial charge in [0.05, 0.1) is 17.9 Å². The lowest BCUT2D eigenvalue weighted by Crippen LogP contribution is -2.31. The van der Waals surface area contributed by atoms with Crippen molar-refractivity contribution in [3.05, 3.63) is 59.6 Å². The number of carbonyl (C=O) groups excluding carboxylic acids is 1. The van der Waals surface area contributed by atoms with E-state index in [-0.39, 0.29) is 28.6 Å². The van der Waals surface area contributed by atoms with Gasteiger partial charge in [-0.1, -0.05) is 11.6 Å². The number of aromatic nitrogens is 5. The molecule has 0 radical (unpaired) electrons. The average Bonchev–Trinajstić information content (AvgIpc) is 3.45. The number of halogens is 3. The first-order valence-electron chi connectivity index (χ1n) is 10.6. The number of piperidine rings is 1. The number of nitrogens with one attached hydrogen (secondary N) is 2. The fraction of sp³-hybridized carbons (Fsp3) is 0.273. The highest BCUT2D eigenvalue weighted by molar-refractivity contribution is 6.31. The summed E-state index contributed by atoms with van der Waals surface area (Å²) in [4.78, 5) is 17.4. The van der Waals surface area contributed by atoms with Crippen molar-refractivity contribution >= 4 is 28.8 Å². The fourth-order valence-corrected chi connectivity index (χ4v) is 4.16. The predicted molar refractivity (Wildman–Crippen MR) is 121 cm³/mol. The Bertz CT molecular complexity index is 1330. The van der Waals surface area contributed by atoms with Crippen LogP contribution in [0.3, 0.4) is 0 Å². The molecule has 1 saturated heterocycles. The number of nitrogens with zero attached hydrogens (tertiary/aromatic N) is 5. The van der Waals surface area contributed by atoms with Gasteiger partial charge in [-0.3, -0.25) is 9.48 Å². The van der Waals surface area contributed by atoms with E-state index in [1.54, 1.807) is 29.3 Å². The molecule has 1 aromatic carbocycles. The number of alkyl halides is 2. The first-order valence-corrected chi connectivity index (χ1v) is 11.0. The van der Waals surface area contributed by atoms with Gasteiger partial charge < -0.3 is 15.4 Å². The SMILES string of the molecule is O=C(Nc1cn([C@@H]2CCCNC2)nc1-c1cc(Cl)ccc1OC(F)F)c1cnn2cccnc12. The lowest BCUT2D eigenvalue weighted by atomic mass is 10.1. The van der Waals surface area contributed by atoms with E-state index < -0.39 is 12.5 Å². The Balaban J connectivity index is 1.57. The summed E-state index contributed by atoms with van der Waals surface area (Å²) in [6.07, 6.45) is 8.20. The summed E-state index contributed by atoms with van der Waals surface area (Å²) in [6, 6.07) is 6.03. The third kappa shape index (κ3) is 4.44. The highest BCUT2D eigenvalue weighted by Gasteiger charge is 2.24. The second kappa shape index (κ2) is 9.35. The molecule has 4 aromatic rings. The molecule has 3 aromatic heterocycles. The topological polar surface area (TPSA) is 98.4 Å². The van der Waals surface area contributed by atoms with Crippen LogP contribution in [0.5, 0.6) is 5.75 Å². The van der Waals surface area contributed by atoms with E-state index in [4.69, 9.17) is 16.3 Å². The van der Waals surface area contributed by atoms with Gasteiger partial charge in [-0.15, -0.1) is 0 Å². The Labute approximate surface area is 197 Å². The van der Waals surface area contributed by atoms with Gasteiger partial charge in [0.15, 0.2) is 5.65 Å². The highest BCUT2D eigenvalue weighted by Crippen LogP contribution is 2.38. The van der Waals surface area contributed by atoms with E-state index in [1.807, 2.05) is 0 Å². The van der Waals surface area contributed by atoms with Crippen LogP contribution in [0.15, 0.2) is 49.1 Å². The summed E-state index contributed by atoms with van der Waals surface area (Å²) >= 11 is 6.17. The molecule has 2 N–H and O–H groups in total. The number of hydrogen-bond donors (Lipinski definition) is 2. The molecule has 1 aliphatic heterocycles. The van der Waals surface area contributed by atoms with Crippen molar-refractivity contribution in [1.29, 1.82) is 0 Å². The Hall–Kier alpha value is -3.57. The summed E-state index contributed by atoms with van der Waals surface area (Å²) in [7, 11) is 0. The molecular formula is C22H20ClF2N7O2. The second-order valence-corrected chi connectivity index (χ2v) is 8.23. The zero-order valence-corrected chi connectivity index (χ0v) is 18.5. The number of amides is 1. The molecule has 0 aliphatic carbocycles. The summed E-state index contributed by atoms with van der Waals surface area (Å²) in [5.74, 6) is -0.561. The maximum Gasteiger partial charge on any atom is 0.387 e. The van der Waals surface area contributed by atoms with Crippen molar-refractivity contribution in [2.24, 2.45) is 0 Å². The van der Waals surface area contributed by atoms with E-state index >= 15 is 0 Å². The van der Waals surface area contributed by atoms with Crippen LogP contribution in [0.1, 0.15) is 29.2 Å². The summed E-state index contributed by atoms with van der Waals surface area (Å²) in [5.41, 5.74) is 1.47. The first kappa shape index (κ1) is 22.2. The Morgan fingerprint density at radius 2 is 2.24 bits per heavy atom. The van der Waals surface area contributed by atoms with Crippen molar-refractivity contribution in [2.75, 3.05) is 18.4 Å². The van der Waals surface area contributed by atoms with E-state index in [0.29, 0.717) is 22.9 Å². The van der Waals surface area contributed by atoms with Crippen LogP contribution in [-0.4, -0.2) is 50.0 Å². The van der Waals surface area contributed by atoms with Crippen molar-refractivity contribution in [1.82, 2.24) is 29.7 Å². The fourth-order valence-electron chi connectivity index (χ4n) is 3.99. The number of anilines is 1. The normalized spacial score (nSPS) is 16.2. The minimum Gasteiger partial charge on any atom is -0.434 e. The molecule has 1 fully saturated rings. The van der Waals surface area contributed by atoms with E-state index in [1.165, 1.54) is 28.9 Å². The van der Waals surface area contributed by atoms with Gasteiger partial charge in [0.1, 0.15) is 17.0 Å². The molecule has 5 rings (SSSR count). The van der Waals surface area contributed by atoms with Gasteiger partial charge in [-0.25, -0.2) is 9.50 Å². The third-order valence-corrected chi connectivity index (χ3v) is 5.80. The Morgan fingerprint density at radius 3 is 3.03 bits per heavy atom. The molecule has 1 atom stereocenters.